The second kappa shape index (κ2) is 6.82. The zero-order valence-electron chi connectivity index (χ0n) is 16.6. The lowest BCUT2D eigenvalue weighted by molar-refractivity contribution is -0.115. The number of fused-ring (bicyclic) bond motifs is 4. The summed E-state index contributed by atoms with van der Waals surface area (Å²) in [5.41, 5.74) is 6.53. The van der Waals surface area contributed by atoms with Crippen LogP contribution in [0.5, 0.6) is 0 Å². The van der Waals surface area contributed by atoms with Crippen LogP contribution in [0.3, 0.4) is 0 Å². The Kier molecular flexibility index (Phi) is 4.13. The molecule has 2 aromatic heterocycles. The summed E-state index contributed by atoms with van der Waals surface area (Å²) < 4.78 is 2.07. The molecule has 0 aliphatic carbocycles. The van der Waals surface area contributed by atoms with E-state index in [1.54, 1.807) is 0 Å². The Morgan fingerprint density at radius 1 is 0.966 bits per heavy atom. The van der Waals surface area contributed by atoms with Gasteiger partial charge in [-0.15, -0.1) is 0 Å². The van der Waals surface area contributed by atoms with Gasteiger partial charge in [-0.2, -0.15) is 0 Å². The van der Waals surface area contributed by atoms with Gasteiger partial charge < -0.3 is 14.9 Å². The van der Waals surface area contributed by atoms with Crippen molar-refractivity contribution >= 4 is 44.3 Å². The number of aromatic amines is 1. The summed E-state index contributed by atoms with van der Waals surface area (Å²) in [6.45, 7) is 2.17. The Bertz CT molecular complexity index is 1370. The van der Waals surface area contributed by atoms with Crippen molar-refractivity contribution in [1.29, 1.82) is 0 Å². The predicted molar refractivity (Wildman–Crippen MR) is 120 cm³/mol. The minimum atomic E-state index is -0.00828. The molecule has 0 saturated heterocycles. The summed E-state index contributed by atoms with van der Waals surface area (Å²) in [6, 6.07) is 20.7. The van der Waals surface area contributed by atoms with Gasteiger partial charge in [-0.1, -0.05) is 49.4 Å². The molecule has 0 aliphatic rings. The van der Waals surface area contributed by atoms with Crippen LogP contribution in [0.15, 0.2) is 66.9 Å². The summed E-state index contributed by atoms with van der Waals surface area (Å²) in [5.74, 6) is -0.00828. The lowest BCUT2D eigenvalue weighted by atomic mass is 10.1. The Morgan fingerprint density at radius 3 is 2.66 bits per heavy atom. The van der Waals surface area contributed by atoms with Gasteiger partial charge in [0.1, 0.15) is 0 Å². The van der Waals surface area contributed by atoms with Gasteiger partial charge in [0.2, 0.25) is 5.91 Å². The fraction of sp³-hybridized carbons (Fsp3) is 0.160. The van der Waals surface area contributed by atoms with E-state index in [1.165, 1.54) is 21.9 Å². The van der Waals surface area contributed by atoms with Crippen LogP contribution >= 0.6 is 0 Å². The molecule has 0 aliphatic heterocycles. The zero-order valence-corrected chi connectivity index (χ0v) is 16.6. The van der Waals surface area contributed by atoms with Crippen molar-refractivity contribution < 1.29 is 4.79 Å². The molecule has 0 saturated carbocycles. The standard InChI is InChI=1S/C25H23N3O/c1-3-16-7-6-9-21-20-12-11-18(14-22(20)27-25(16)21)26-24(29)13-17-15-28(2)23-10-5-4-8-19(17)23/h4-12,14-15,27H,3,13H2,1-2H3,(H,26,29). The van der Waals surface area contributed by atoms with Gasteiger partial charge in [0.15, 0.2) is 0 Å². The number of hydrogen-bond acceptors (Lipinski definition) is 1. The second-order valence-electron chi connectivity index (χ2n) is 7.59. The number of para-hydroxylation sites is 2. The van der Waals surface area contributed by atoms with E-state index in [9.17, 15) is 4.79 Å². The topological polar surface area (TPSA) is 49.8 Å². The van der Waals surface area contributed by atoms with Gasteiger partial charge >= 0.3 is 0 Å². The third-order valence-electron chi connectivity index (χ3n) is 5.72. The fourth-order valence-corrected chi connectivity index (χ4v) is 4.31. The highest BCUT2D eigenvalue weighted by Gasteiger charge is 2.12. The lowest BCUT2D eigenvalue weighted by Gasteiger charge is -2.05. The average Bonchev–Trinajstić information content (AvgIpc) is 3.25. The van der Waals surface area contributed by atoms with Gasteiger partial charge in [0.25, 0.3) is 0 Å². The van der Waals surface area contributed by atoms with Crippen LogP contribution in [-0.2, 0) is 24.7 Å². The van der Waals surface area contributed by atoms with Crippen LogP contribution in [0.1, 0.15) is 18.1 Å². The van der Waals surface area contributed by atoms with Crippen molar-refractivity contribution in [3.05, 3.63) is 78.0 Å². The van der Waals surface area contributed by atoms with Crippen LogP contribution in [0.2, 0.25) is 0 Å². The largest absolute Gasteiger partial charge is 0.354 e. The van der Waals surface area contributed by atoms with Crippen molar-refractivity contribution in [3.8, 4) is 0 Å². The maximum Gasteiger partial charge on any atom is 0.228 e. The molecule has 0 atom stereocenters. The molecule has 5 rings (SSSR count). The number of nitrogens with one attached hydrogen (secondary N) is 2. The number of hydrogen-bond donors (Lipinski definition) is 2. The van der Waals surface area contributed by atoms with E-state index in [-0.39, 0.29) is 5.91 Å². The summed E-state index contributed by atoms with van der Waals surface area (Å²) in [7, 11) is 2.01. The average molecular weight is 381 g/mol. The van der Waals surface area contributed by atoms with Gasteiger partial charge in [-0.05, 0) is 35.7 Å². The van der Waals surface area contributed by atoms with E-state index < -0.39 is 0 Å². The number of aromatic nitrogens is 2. The van der Waals surface area contributed by atoms with Crippen molar-refractivity contribution in [2.24, 2.45) is 7.05 Å². The molecule has 3 aromatic carbocycles. The first-order chi connectivity index (χ1) is 14.1. The molecule has 2 heterocycles. The molecule has 1 amide bonds. The van der Waals surface area contributed by atoms with E-state index in [1.807, 2.05) is 37.5 Å². The third kappa shape index (κ3) is 2.97. The van der Waals surface area contributed by atoms with Crippen LogP contribution in [-0.4, -0.2) is 15.5 Å². The van der Waals surface area contributed by atoms with Crippen molar-refractivity contribution in [2.45, 2.75) is 19.8 Å². The molecule has 4 heteroatoms. The van der Waals surface area contributed by atoms with Crippen LogP contribution in [0.25, 0.3) is 32.7 Å². The van der Waals surface area contributed by atoms with E-state index in [4.69, 9.17) is 0 Å². The predicted octanol–water partition coefficient (Wildman–Crippen LogP) is 5.56. The van der Waals surface area contributed by atoms with E-state index >= 15 is 0 Å². The molecule has 144 valence electrons. The molecular weight excluding hydrogens is 358 g/mol. The van der Waals surface area contributed by atoms with Crippen molar-refractivity contribution in [2.75, 3.05) is 5.32 Å². The minimum absolute atomic E-state index is 0.00828. The second-order valence-corrected chi connectivity index (χ2v) is 7.59. The molecule has 0 spiro atoms. The maximum atomic E-state index is 12.7. The van der Waals surface area contributed by atoms with Gasteiger partial charge in [0.05, 0.1) is 6.42 Å². The van der Waals surface area contributed by atoms with Crippen LogP contribution in [0.4, 0.5) is 5.69 Å². The summed E-state index contributed by atoms with van der Waals surface area (Å²) in [6.07, 6.45) is 3.38. The third-order valence-corrected chi connectivity index (χ3v) is 5.72. The van der Waals surface area contributed by atoms with Gasteiger partial charge in [0, 0.05) is 51.6 Å². The molecule has 0 radical (unpaired) electrons. The van der Waals surface area contributed by atoms with Crippen molar-refractivity contribution in [3.63, 3.8) is 0 Å². The smallest absolute Gasteiger partial charge is 0.228 e. The maximum absolute atomic E-state index is 12.7. The number of carbonyl (C=O) groups excluding carboxylic acids is 1. The normalized spacial score (nSPS) is 11.5. The number of nitrogens with zero attached hydrogens (tertiary/aromatic N) is 1. The quantitative estimate of drug-likeness (QED) is 0.421. The first-order valence-corrected chi connectivity index (χ1v) is 10.00. The molecule has 29 heavy (non-hydrogen) atoms. The summed E-state index contributed by atoms with van der Waals surface area (Å²) >= 11 is 0. The van der Waals surface area contributed by atoms with E-state index in [2.05, 4.69) is 58.2 Å². The Hall–Kier alpha value is -3.53. The van der Waals surface area contributed by atoms with E-state index in [0.717, 1.165) is 34.1 Å². The molecule has 0 fully saturated rings. The lowest BCUT2D eigenvalue weighted by Crippen LogP contribution is -2.14. The first-order valence-electron chi connectivity index (χ1n) is 10.00. The molecule has 0 unspecified atom stereocenters. The molecular formula is C25H23N3O. The number of benzene rings is 3. The monoisotopic (exact) mass is 381 g/mol. The first kappa shape index (κ1) is 17.6. The summed E-state index contributed by atoms with van der Waals surface area (Å²) in [4.78, 5) is 16.2. The van der Waals surface area contributed by atoms with Crippen LogP contribution in [0, 0.1) is 0 Å². The fourth-order valence-electron chi connectivity index (χ4n) is 4.31. The van der Waals surface area contributed by atoms with Crippen molar-refractivity contribution in [1.82, 2.24) is 9.55 Å². The number of amides is 1. The molecule has 5 aromatic rings. The van der Waals surface area contributed by atoms with Gasteiger partial charge in [-0.3, -0.25) is 4.79 Å². The number of anilines is 1. The Labute approximate surface area is 169 Å². The Balaban J connectivity index is 1.43. The van der Waals surface area contributed by atoms with Crippen LogP contribution < -0.4 is 5.32 Å². The summed E-state index contributed by atoms with van der Waals surface area (Å²) in [5, 5.41) is 6.60. The number of carbonyl (C=O) groups is 1. The minimum Gasteiger partial charge on any atom is -0.354 e. The SMILES string of the molecule is CCc1cccc2c1[nH]c1cc(NC(=O)Cc3cn(C)c4ccccc34)ccc12. The molecule has 2 N–H and O–H groups in total. The zero-order chi connectivity index (χ0) is 20.0. The Morgan fingerprint density at radius 2 is 1.79 bits per heavy atom. The number of aryl methyl sites for hydroxylation is 2. The van der Waals surface area contributed by atoms with Gasteiger partial charge in [-0.25, -0.2) is 0 Å². The van der Waals surface area contributed by atoms with E-state index in [0.29, 0.717) is 6.42 Å². The molecule has 4 nitrogen and oxygen atoms in total. The molecule has 0 bridgehead atoms. The number of H-pyrrole nitrogens is 1. The highest BCUT2D eigenvalue weighted by atomic mass is 16.1. The number of rotatable bonds is 4. The highest BCUT2D eigenvalue weighted by Crippen LogP contribution is 2.30. The highest BCUT2D eigenvalue weighted by molar-refractivity contribution is 6.09.